The third-order valence-electron chi connectivity index (χ3n) is 1.37. The van der Waals surface area contributed by atoms with Crippen LogP contribution in [0.4, 0.5) is 0 Å². The van der Waals surface area contributed by atoms with Crippen molar-refractivity contribution in [3.63, 3.8) is 0 Å². The summed E-state index contributed by atoms with van der Waals surface area (Å²) in [4.78, 5) is 0. The first-order valence-electron chi connectivity index (χ1n) is 5.20. The van der Waals surface area contributed by atoms with Gasteiger partial charge in [-0.3, -0.25) is 0 Å². The first kappa shape index (κ1) is 13.9. The van der Waals surface area contributed by atoms with E-state index >= 15 is 0 Å². The number of hydrogen-bond acceptors (Lipinski definition) is 3. The van der Waals surface area contributed by atoms with Crippen LogP contribution >= 0.6 is 0 Å². The fourth-order valence-corrected chi connectivity index (χ4v) is 0.632. The van der Waals surface area contributed by atoms with Gasteiger partial charge in [0.2, 0.25) is 0 Å². The molecule has 0 aromatic heterocycles. The Labute approximate surface area is 91.6 Å². The van der Waals surface area contributed by atoms with Crippen LogP contribution in [0.5, 0.6) is 5.75 Å². The Bertz CT molecular complexity index is 205. The van der Waals surface area contributed by atoms with Crippen molar-refractivity contribution in [1.82, 2.24) is 0 Å². The smallest absolute Gasteiger partial charge is 0.115 e. The van der Waals surface area contributed by atoms with Crippen LogP contribution in [0, 0.1) is 0 Å². The van der Waals surface area contributed by atoms with E-state index in [9.17, 15) is 0 Å². The number of ether oxygens (including phenoxy) is 2. The number of para-hydroxylation sites is 1. The zero-order valence-electron chi connectivity index (χ0n) is 9.48. The molecule has 0 bridgehead atoms. The summed E-state index contributed by atoms with van der Waals surface area (Å²) in [5.41, 5.74) is 0. The van der Waals surface area contributed by atoms with Crippen LogP contribution in [0.3, 0.4) is 0 Å². The molecule has 1 aromatic rings. The lowest BCUT2D eigenvalue weighted by molar-refractivity contribution is 0.162. The van der Waals surface area contributed by atoms with E-state index in [0.29, 0.717) is 5.75 Å². The predicted octanol–water partition coefficient (Wildman–Crippen LogP) is 2.45. The summed E-state index contributed by atoms with van der Waals surface area (Å²) in [7, 11) is 0. The van der Waals surface area contributed by atoms with Crippen LogP contribution in [0.1, 0.15) is 13.8 Å². The number of phenolic OH excluding ortho intramolecular Hbond substituents is 1. The highest BCUT2D eigenvalue weighted by atomic mass is 16.6. The molecule has 1 aromatic carbocycles. The molecule has 0 spiro atoms. The second kappa shape index (κ2) is 11.0. The van der Waals surface area contributed by atoms with Gasteiger partial charge < -0.3 is 14.6 Å². The van der Waals surface area contributed by atoms with Crippen LogP contribution in [0.2, 0.25) is 0 Å². The molecule has 2 rings (SSSR count). The summed E-state index contributed by atoms with van der Waals surface area (Å²) in [6.45, 7) is 7.67. The standard InChI is InChI=1S/C6H6O.C4H10O.C2H4O/c7-6-4-2-1-3-5-6;1-3-5-4-2;1-2-3-1/h1-5,7H;3-4H2,1-2H3;1-2H2. The molecule has 1 aliphatic rings. The molecule has 0 saturated carbocycles. The summed E-state index contributed by atoms with van der Waals surface area (Å²) in [6.07, 6.45) is 0. The summed E-state index contributed by atoms with van der Waals surface area (Å²) in [6, 6.07) is 8.71. The van der Waals surface area contributed by atoms with Crippen LogP contribution in [-0.4, -0.2) is 31.5 Å². The second-order valence-electron chi connectivity index (χ2n) is 2.73. The van der Waals surface area contributed by atoms with Crippen molar-refractivity contribution in [2.24, 2.45) is 0 Å². The average molecular weight is 212 g/mol. The van der Waals surface area contributed by atoms with Crippen molar-refractivity contribution in [1.29, 1.82) is 0 Å². The van der Waals surface area contributed by atoms with Crippen molar-refractivity contribution >= 4 is 0 Å². The van der Waals surface area contributed by atoms with Gasteiger partial charge in [-0.05, 0) is 26.0 Å². The van der Waals surface area contributed by atoms with E-state index in [1.165, 1.54) is 0 Å². The van der Waals surface area contributed by atoms with E-state index in [2.05, 4.69) is 4.74 Å². The Kier molecular flexibility index (Phi) is 10.2. The lowest BCUT2D eigenvalue weighted by atomic mass is 10.3. The quantitative estimate of drug-likeness (QED) is 0.766. The van der Waals surface area contributed by atoms with E-state index in [1.807, 2.05) is 19.9 Å². The third-order valence-corrected chi connectivity index (χ3v) is 1.37. The first-order valence-corrected chi connectivity index (χ1v) is 5.20. The molecular formula is C12H20O3. The zero-order chi connectivity index (χ0) is 11.4. The van der Waals surface area contributed by atoms with Gasteiger partial charge in [0.05, 0.1) is 13.2 Å². The Morgan fingerprint density at radius 3 is 1.73 bits per heavy atom. The fourth-order valence-electron chi connectivity index (χ4n) is 0.632. The minimum Gasteiger partial charge on any atom is -0.508 e. The van der Waals surface area contributed by atoms with E-state index in [1.54, 1.807) is 24.3 Å². The van der Waals surface area contributed by atoms with Gasteiger partial charge in [0.1, 0.15) is 5.75 Å². The Balaban J connectivity index is 0.000000213. The maximum Gasteiger partial charge on any atom is 0.115 e. The lowest BCUT2D eigenvalue weighted by Gasteiger charge is -1.86. The molecule has 0 aliphatic carbocycles. The molecular weight excluding hydrogens is 192 g/mol. The molecule has 1 fully saturated rings. The van der Waals surface area contributed by atoms with Crippen LogP contribution in [-0.2, 0) is 9.47 Å². The molecule has 0 atom stereocenters. The topological polar surface area (TPSA) is 42.0 Å². The molecule has 0 radical (unpaired) electrons. The molecule has 3 nitrogen and oxygen atoms in total. The van der Waals surface area contributed by atoms with Crippen molar-refractivity contribution in [2.45, 2.75) is 13.8 Å². The molecule has 1 heterocycles. The van der Waals surface area contributed by atoms with Crippen molar-refractivity contribution < 1.29 is 14.6 Å². The van der Waals surface area contributed by atoms with Gasteiger partial charge in [-0.1, -0.05) is 18.2 Å². The molecule has 1 aliphatic heterocycles. The van der Waals surface area contributed by atoms with E-state index in [4.69, 9.17) is 9.84 Å². The number of rotatable bonds is 2. The van der Waals surface area contributed by atoms with Crippen molar-refractivity contribution in [3.05, 3.63) is 30.3 Å². The van der Waals surface area contributed by atoms with Gasteiger partial charge in [0.15, 0.2) is 0 Å². The monoisotopic (exact) mass is 212 g/mol. The highest BCUT2D eigenvalue weighted by Gasteiger charge is 1.94. The largest absolute Gasteiger partial charge is 0.508 e. The number of benzene rings is 1. The number of epoxide rings is 1. The Morgan fingerprint density at radius 2 is 1.60 bits per heavy atom. The zero-order valence-corrected chi connectivity index (χ0v) is 9.48. The molecule has 15 heavy (non-hydrogen) atoms. The normalized spacial score (nSPS) is 11.6. The van der Waals surface area contributed by atoms with E-state index < -0.39 is 0 Å². The van der Waals surface area contributed by atoms with Crippen molar-refractivity contribution in [2.75, 3.05) is 26.4 Å². The average Bonchev–Trinajstić information content (AvgIpc) is 3.08. The number of phenols is 1. The second-order valence-corrected chi connectivity index (χ2v) is 2.73. The summed E-state index contributed by atoms with van der Waals surface area (Å²) in [5, 5.41) is 8.63. The van der Waals surface area contributed by atoms with Gasteiger partial charge in [-0.25, -0.2) is 0 Å². The highest BCUT2D eigenvalue weighted by Crippen LogP contribution is 2.02. The summed E-state index contributed by atoms with van der Waals surface area (Å²) < 4.78 is 9.33. The molecule has 0 unspecified atom stereocenters. The molecule has 1 N–H and O–H groups in total. The third kappa shape index (κ3) is 15.7. The minimum atomic E-state index is 0.322. The fraction of sp³-hybridized carbons (Fsp3) is 0.500. The molecule has 1 saturated heterocycles. The van der Waals surface area contributed by atoms with Crippen molar-refractivity contribution in [3.8, 4) is 5.75 Å². The predicted molar refractivity (Wildman–Crippen MR) is 61.1 cm³/mol. The number of hydrogen-bond donors (Lipinski definition) is 1. The van der Waals surface area contributed by atoms with Gasteiger partial charge >= 0.3 is 0 Å². The minimum absolute atomic E-state index is 0.322. The van der Waals surface area contributed by atoms with Gasteiger partial charge in [0, 0.05) is 13.2 Å². The Hall–Kier alpha value is -1.06. The lowest BCUT2D eigenvalue weighted by Crippen LogP contribution is -1.84. The molecule has 3 heteroatoms. The maximum absolute atomic E-state index is 8.63. The highest BCUT2D eigenvalue weighted by molar-refractivity contribution is 5.18. The van der Waals surface area contributed by atoms with Gasteiger partial charge in [-0.15, -0.1) is 0 Å². The summed E-state index contributed by atoms with van der Waals surface area (Å²) in [5.74, 6) is 0.322. The Morgan fingerprint density at radius 1 is 1.13 bits per heavy atom. The van der Waals surface area contributed by atoms with Crippen LogP contribution in [0.15, 0.2) is 30.3 Å². The maximum atomic E-state index is 8.63. The molecule has 0 amide bonds. The first-order chi connectivity index (χ1) is 7.31. The summed E-state index contributed by atoms with van der Waals surface area (Å²) >= 11 is 0. The van der Waals surface area contributed by atoms with Crippen LogP contribution in [0.25, 0.3) is 0 Å². The van der Waals surface area contributed by atoms with E-state index in [0.717, 1.165) is 26.4 Å². The molecule has 86 valence electrons. The van der Waals surface area contributed by atoms with Crippen LogP contribution < -0.4 is 0 Å². The van der Waals surface area contributed by atoms with E-state index in [-0.39, 0.29) is 0 Å². The van der Waals surface area contributed by atoms with Gasteiger partial charge in [-0.2, -0.15) is 0 Å². The van der Waals surface area contributed by atoms with Gasteiger partial charge in [0.25, 0.3) is 0 Å². The SMILES string of the molecule is C1CO1.CCOCC.Oc1ccccc1. The number of aromatic hydroxyl groups is 1.